The van der Waals surface area contributed by atoms with E-state index in [1.54, 1.807) is 0 Å². The first-order chi connectivity index (χ1) is 9.60. The summed E-state index contributed by atoms with van der Waals surface area (Å²) in [4.78, 5) is 0. The van der Waals surface area contributed by atoms with Gasteiger partial charge in [-0.15, -0.1) is 0 Å². The first-order valence-corrected chi connectivity index (χ1v) is 8.49. The molecule has 0 aromatic heterocycles. The SMILES string of the molecule is CCC(NCc1ccc(Br)c(Br)c1)c1ccc(Cl)cc1. The average molecular weight is 418 g/mol. The van der Waals surface area contributed by atoms with E-state index in [2.05, 4.69) is 74.4 Å². The predicted molar refractivity (Wildman–Crippen MR) is 93.2 cm³/mol. The summed E-state index contributed by atoms with van der Waals surface area (Å²) in [6.07, 6.45) is 1.04. The Morgan fingerprint density at radius 2 is 1.75 bits per heavy atom. The summed E-state index contributed by atoms with van der Waals surface area (Å²) in [6, 6.07) is 14.7. The molecule has 20 heavy (non-hydrogen) atoms. The zero-order valence-corrected chi connectivity index (χ0v) is 15.1. The molecule has 1 unspecified atom stereocenters. The van der Waals surface area contributed by atoms with Crippen molar-refractivity contribution >= 4 is 43.5 Å². The quantitative estimate of drug-likeness (QED) is 0.619. The fraction of sp³-hybridized carbons (Fsp3) is 0.250. The zero-order valence-electron chi connectivity index (χ0n) is 11.2. The van der Waals surface area contributed by atoms with Crippen molar-refractivity contribution in [3.63, 3.8) is 0 Å². The lowest BCUT2D eigenvalue weighted by molar-refractivity contribution is 0.519. The Bertz CT molecular complexity index is 569. The molecule has 0 aliphatic heterocycles. The summed E-state index contributed by atoms with van der Waals surface area (Å²) in [6.45, 7) is 3.02. The van der Waals surface area contributed by atoms with Crippen molar-refractivity contribution in [2.45, 2.75) is 25.9 Å². The fourth-order valence-electron chi connectivity index (χ4n) is 2.08. The fourth-order valence-corrected chi connectivity index (χ4v) is 2.88. The molecular formula is C16H16Br2ClN. The smallest absolute Gasteiger partial charge is 0.0406 e. The highest BCUT2D eigenvalue weighted by Crippen LogP contribution is 2.24. The summed E-state index contributed by atoms with van der Waals surface area (Å²) < 4.78 is 2.15. The Morgan fingerprint density at radius 1 is 1.05 bits per heavy atom. The van der Waals surface area contributed by atoms with Crippen LogP contribution in [0.25, 0.3) is 0 Å². The molecule has 2 aromatic carbocycles. The van der Waals surface area contributed by atoms with Crippen LogP contribution < -0.4 is 5.32 Å². The number of nitrogens with one attached hydrogen (secondary N) is 1. The van der Waals surface area contributed by atoms with Crippen LogP contribution in [0.15, 0.2) is 51.4 Å². The summed E-state index contributed by atoms with van der Waals surface area (Å²) in [7, 11) is 0. The predicted octanol–water partition coefficient (Wildman–Crippen LogP) is 6.11. The van der Waals surface area contributed by atoms with E-state index in [4.69, 9.17) is 11.6 Å². The van der Waals surface area contributed by atoms with Crippen LogP contribution in [0.5, 0.6) is 0 Å². The number of halogens is 3. The van der Waals surface area contributed by atoms with Gasteiger partial charge in [0, 0.05) is 26.6 Å². The molecule has 0 saturated heterocycles. The van der Waals surface area contributed by atoms with E-state index in [0.29, 0.717) is 6.04 Å². The van der Waals surface area contributed by atoms with Crippen LogP contribution in [-0.2, 0) is 6.54 Å². The van der Waals surface area contributed by atoms with Crippen molar-refractivity contribution in [3.05, 3.63) is 67.6 Å². The zero-order chi connectivity index (χ0) is 14.5. The average Bonchev–Trinajstić information content (AvgIpc) is 2.45. The molecule has 4 heteroatoms. The molecule has 1 atom stereocenters. The standard InChI is InChI=1S/C16H16Br2ClN/c1-2-16(12-4-6-13(19)7-5-12)20-10-11-3-8-14(17)15(18)9-11/h3-9,16,20H,2,10H2,1H3. The maximum Gasteiger partial charge on any atom is 0.0406 e. The Labute approximate surface area is 142 Å². The first kappa shape index (κ1) is 16.0. The van der Waals surface area contributed by atoms with E-state index < -0.39 is 0 Å². The molecule has 1 nitrogen and oxygen atoms in total. The van der Waals surface area contributed by atoms with Crippen molar-refractivity contribution in [1.82, 2.24) is 5.32 Å². The van der Waals surface area contributed by atoms with Gasteiger partial charge in [-0.25, -0.2) is 0 Å². The molecule has 0 bridgehead atoms. The van der Waals surface area contributed by atoms with E-state index in [1.165, 1.54) is 11.1 Å². The minimum absolute atomic E-state index is 0.342. The van der Waals surface area contributed by atoms with Crippen molar-refractivity contribution in [3.8, 4) is 0 Å². The molecule has 0 aliphatic carbocycles. The largest absolute Gasteiger partial charge is 0.306 e. The van der Waals surface area contributed by atoms with Gasteiger partial charge < -0.3 is 5.32 Å². The second kappa shape index (κ2) is 7.60. The third-order valence-corrected chi connectivity index (χ3v) is 5.35. The van der Waals surface area contributed by atoms with Crippen LogP contribution in [0.2, 0.25) is 5.02 Å². The van der Waals surface area contributed by atoms with Crippen molar-refractivity contribution in [1.29, 1.82) is 0 Å². The van der Waals surface area contributed by atoms with Crippen LogP contribution in [-0.4, -0.2) is 0 Å². The number of hydrogen-bond acceptors (Lipinski definition) is 1. The molecular weight excluding hydrogens is 401 g/mol. The molecule has 0 radical (unpaired) electrons. The van der Waals surface area contributed by atoms with Gasteiger partial charge in [0.15, 0.2) is 0 Å². The highest BCUT2D eigenvalue weighted by molar-refractivity contribution is 9.13. The van der Waals surface area contributed by atoms with Gasteiger partial charge in [-0.3, -0.25) is 0 Å². The van der Waals surface area contributed by atoms with Gasteiger partial charge >= 0.3 is 0 Å². The van der Waals surface area contributed by atoms with Gasteiger partial charge in [-0.05, 0) is 73.7 Å². The van der Waals surface area contributed by atoms with Crippen molar-refractivity contribution in [2.24, 2.45) is 0 Å². The van der Waals surface area contributed by atoms with E-state index >= 15 is 0 Å². The second-order valence-corrected chi connectivity index (χ2v) is 6.79. The molecule has 1 N–H and O–H groups in total. The Kier molecular flexibility index (Phi) is 6.09. The molecule has 0 spiro atoms. The van der Waals surface area contributed by atoms with E-state index in [0.717, 1.165) is 26.9 Å². The summed E-state index contributed by atoms with van der Waals surface area (Å²) in [5, 5.41) is 4.37. The third kappa shape index (κ3) is 4.32. The second-order valence-electron chi connectivity index (χ2n) is 4.64. The molecule has 2 aromatic rings. The number of benzene rings is 2. The van der Waals surface area contributed by atoms with Gasteiger partial charge in [0.25, 0.3) is 0 Å². The van der Waals surface area contributed by atoms with Gasteiger partial charge in [-0.2, -0.15) is 0 Å². The summed E-state index contributed by atoms with van der Waals surface area (Å²) >= 11 is 13.0. The van der Waals surface area contributed by atoms with E-state index in [9.17, 15) is 0 Å². The Balaban J connectivity index is 2.03. The van der Waals surface area contributed by atoms with E-state index in [1.807, 2.05) is 12.1 Å². The number of rotatable bonds is 5. The molecule has 0 amide bonds. The lowest BCUT2D eigenvalue weighted by Gasteiger charge is -2.18. The first-order valence-electron chi connectivity index (χ1n) is 6.53. The van der Waals surface area contributed by atoms with Crippen molar-refractivity contribution < 1.29 is 0 Å². The minimum Gasteiger partial charge on any atom is -0.306 e. The molecule has 0 fully saturated rings. The highest BCUT2D eigenvalue weighted by atomic mass is 79.9. The van der Waals surface area contributed by atoms with Crippen LogP contribution in [0, 0.1) is 0 Å². The monoisotopic (exact) mass is 415 g/mol. The Morgan fingerprint density at radius 3 is 2.35 bits per heavy atom. The van der Waals surface area contributed by atoms with E-state index in [-0.39, 0.29) is 0 Å². The van der Waals surface area contributed by atoms with Gasteiger partial charge in [0.1, 0.15) is 0 Å². The van der Waals surface area contributed by atoms with Gasteiger partial charge in [0.05, 0.1) is 0 Å². The van der Waals surface area contributed by atoms with Gasteiger partial charge in [-0.1, -0.05) is 36.7 Å². The summed E-state index contributed by atoms with van der Waals surface area (Å²) in [5.41, 5.74) is 2.53. The van der Waals surface area contributed by atoms with Gasteiger partial charge in [0.2, 0.25) is 0 Å². The topological polar surface area (TPSA) is 12.0 Å². The molecule has 0 saturated carbocycles. The maximum atomic E-state index is 5.93. The highest BCUT2D eigenvalue weighted by Gasteiger charge is 2.09. The molecule has 0 heterocycles. The van der Waals surface area contributed by atoms with Crippen LogP contribution >= 0.6 is 43.5 Å². The minimum atomic E-state index is 0.342. The number of hydrogen-bond donors (Lipinski definition) is 1. The van der Waals surface area contributed by atoms with Crippen LogP contribution in [0.1, 0.15) is 30.5 Å². The molecule has 2 rings (SSSR count). The van der Waals surface area contributed by atoms with Crippen molar-refractivity contribution in [2.75, 3.05) is 0 Å². The lowest BCUT2D eigenvalue weighted by Crippen LogP contribution is -2.20. The Hall–Kier alpha value is -0.350. The third-order valence-electron chi connectivity index (χ3n) is 3.22. The lowest BCUT2D eigenvalue weighted by atomic mass is 10.0. The summed E-state index contributed by atoms with van der Waals surface area (Å²) in [5.74, 6) is 0. The van der Waals surface area contributed by atoms with Crippen LogP contribution in [0.4, 0.5) is 0 Å². The normalized spacial score (nSPS) is 12.4. The maximum absolute atomic E-state index is 5.93. The molecule has 106 valence electrons. The van der Waals surface area contributed by atoms with Crippen LogP contribution in [0.3, 0.4) is 0 Å². The molecule has 0 aliphatic rings.